The summed E-state index contributed by atoms with van der Waals surface area (Å²) in [7, 11) is 0. The minimum Gasteiger partial charge on any atom is -0.383 e. The van der Waals surface area contributed by atoms with Gasteiger partial charge < -0.3 is 10.7 Å². The second-order valence-corrected chi connectivity index (χ2v) is 4.14. The molecule has 3 N–H and O–H groups in total. The van der Waals surface area contributed by atoms with Crippen molar-refractivity contribution < 1.29 is 0 Å². The van der Waals surface area contributed by atoms with Crippen LogP contribution < -0.4 is 5.73 Å². The molecule has 0 aliphatic heterocycles. The molecule has 0 amide bonds. The van der Waals surface area contributed by atoms with Gasteiger partial charge in [-0.3, -0.25) is 0 Å². The molecule has 14 heavy (non-hydrogen) atoms. The lowest BCUT2D eigenvalue weighted by Crippen LogP contribution is -1.94. The lowest BCUT2D eigenvalue weighted by Gasteiger charge is -2.01. The van der Waals surface area contributed by atoms with E-state index in [4.69, 9.17) is 5.73 Å². The third kappa shape index (κ3) is 1.88. The van der Waals surface area contributed by atoms with Crippen molar-refractivity contribution in [3.8, 4) is 0 Å². The topological polar surface area (TPSA) is 80.5 Å². The number of aromatic nitrogens is 4. The standard InChI is InChI=1S/C7H6BrN5S/c8-4-5(9)12-3-13-6(4)14-7-10-1-2-11-7/h1-3H,(H,10,11)(H2,9,12,13). The van der Waals surface area contributed by atoms with Crippen molar-refractivity contribution in [1.29, 1.82) is 0 Å². The highest BCUT2D eigenvalue weighted by atomic mass is 79.9. The Hall–Kier alpha value is -1.08. The smallest absolute Gasteiger partial charge is 0.171 e. The molecular formula is C7H6BrN5S. The number of nitrogens with two attached hydrogens (primary N) is 1. The molecule has 0 aliphatic rings. The highest BCUT2D eigenvalue weighted by Crippen LogP contribution is 2.31. The Morgan fingerprint density at radius 2 is 2.21 bits per heavy atom. The van der Waals surface area contributed by atoms with Crippen LogP contribution in [0.4, 0.5) is 5.82 Å². The maximum atomic E-state index is 5.61. The zero-order chi connectivity index (χ0) is 9.97. The molecule has 0 fully saturated rings. The van der Waals surface area contributed by atoms with Crippen molar-refractivity contribution in [1.82, 2.24) is 19.9 Å². The Bertz CT molecular complexity index is 430. The van der Waals surface area contributed by atoms with Gasteiger partial charge in [-0.05, 0) is 27.7 Å². The van der Waals surface area contributed by atoms with Crippen LogP contribution in [0.5, 0.6) is 0 Å². The second-order valence-electron chi connectivity index (χ2n) is 2.37. The summed E-state index contributed by atoms with van der Waals surface area (Å²) in [6.45, 7) is 0. The van der Waals surface area contributed by atoms with Crippen molar-refractivity contribution in [3.05, 3.63) is 23.2 Å². The fraction of sp³-hybridized carbons (Fsp3) is 0. The summed E-state index contributed by atoms with van der Waals surface area (Å²) in [5.74, 6) is 0.425. The van der Waals surface area contributed by atoms with E-state index in [9.17, 15) is 0 Å². The maximum absolute atomic E-state index is 5.61. The Kier molecular flexibility index (Phi) is 2.69. The van der Waals surface area contributed by atoms with Gasteiger partial charge in [-0.2, -0.15) is 0 Å². The van der Waals surface area contributed by atoms with E-state index in [1.165, 1.54) is 18.1 Å². The van der Waals surface area contributed by atoms with Gasteiger partial charge in [-0.1, -0.05) is 0 Å². The molecule has 2 heterocycles. The second kappa shape index (κ2) is 3.97. The molecule has 0 aromatic carbocycles. The number of nitrogen functional groups attached to an aromatic ring is 1. The highest BCUT2D eigenvalue weighted by Gasteiger charge is 2.08. The van der Waals surface area contributed by atoms with E-state index < -0.39 is 0 Å². The van der Waals surface area contributed by atoms with Gasteiger partial charge in [-0.25, -0.2) is 15.0 Å². The molecule has 72 valence electrons. The number of hydrogen-bond donors (Lipinski definition) is 2. The van der Waals surface area contributed by atoms with Crippen molar-refractivity contribution in [2.75, 3.05) is 5.73 Å². The van der Waals surface area contributed by atoms with Crippen LogP contribution in [0.3, 0.4) is 0 Å². The van der Waals surface area contributed by atoms with Gasteiger partial charge in [-0.15, -0.1) is 0 Å². The van der Waals surface area contributed by atoms with Crippen LogP contribution in [0.1, 0.15) is 0 Å². The molecule has 2 aromatic rings. The van der Waals surface area contributed by atoms with Gasteiger partial charge in [0.15, 0.2) is 5.16 Å². The summed E-state index contributed by atoms with van der Waals surface area (Å²) < 4.78 is 0.696. The molecule has 0 bridgehead atoms. The zero-order valence-electron chi connectivity index (χ0n) is 6.94. The van der Waals surface area contributed by atoms with Crippen LogP contribution in [-0.2, 0) is 0 Å². The maximum Gasteiger partial charge on any atom is 0.171 e. The number of nitrogens with one attached hydrogen (secondary N) is 1. The SMILES string of the molecule is Nc1ncnc(Sc2ncc[nH]2)c1Br. The van der Waals surface area contributed by atoms with E-state index in [1.54, 1.807) is 12.4 Å². The van der Waals surface area contributed by atoms with Crippen LogP contribution in [0.25, 0.3) is 0 Å². The molecule has 2 aromatic heterocycles. The fourth-order valence-electron chi connectivity index (χ4n) is 0.836. The average Bonchev–Trinajstić information content (AvgIpc) is 2.66. The van der Waals surface area contributed by atoms with E-state index in [0.717, 1.165) is 10.2 Å². The lowest BCUT2D eigenvalue weighted by atomic mass is 10.6. The number of H-pyrrole nitrogens is 1. The predicted molar refractivity (Wildman–Crippen MR) is 56.9 cm³/mol. The summed E-state index contributed by atoms with van der Waals surface area (Å²) >= 11 is 4.70. The summed E-state index contributed by atoms with van der Waals surface area (Å²) in [5, 5.41) is 1.51. The number of rotatable bonds is 2. The third-order valence-corrected chi connectivity index (χ3v) is 3.41. The number of halogens is 1. The number of hydrogen-bond acceptors (Lipinski definition) is 5. The fourth-order valence-corrected chi connectivity index (χ4v) is 2.00. The van der Waals surface area contributed by atoms with Crippen LogP contribution in [0.2, 0.25) is 0 Å². The quantitative estimate of drug-likeness (QED) is 0.813. The summed E-state index contributed by atoms with van der Waals surface area (Å²) in [5.41, 5.74) is 5.61. The largest absolute Gasteiger partial charge is 0.383 e. The first-order valence-corrected chi connectivity index (χ1v) is 5.31. The summed E-state index contributed by atoms with van der Waals surface area (Å²) in [6.07, 6.45) is 4.85. The molecule has 5 nitrogen and oxygen atoms in total. The molecule has 0 spiro atoms. The van der Waals surface area contributed by atoms with E-state index >= 15 is 0 Å². The molecule has 0 saturated carbocycles. The average molecular weight is 272 g/mol. The Balaban J connectivity index is 2.29. The van der Waals surface area contributed by atoms with Crippen LogP contribution in [0, 0.1) is 0 Å². The first-order valence-electron chi connectivity index (χ1n) is 3.70. The number of nitrogens with zero attached hydrogens (tertiary/aromatic N) is 3. The minimum absolute atomic E-state index is 0.425. The van der Waals surface area contributed by atoms with Crippen molar-refractivity contribution in [3.63, 3.8) is 0 Å². The van der Waals surface area contributed by atoms with Gasteiger partial charge in [0, 0.05) is 12.4 Å². The first kappa shape index (κ1) is 9.47. The van der Waals surface area contributed by atoms with E-state index in [2.05, 4.69) is 35.9 Å². The van der Waals surface area contributed by atoms with Gasteiger partial charge in [0.2, 0.25) is 0 Å². The first-order chi connectivity index (χ1) is 6.77. The minimum atomic E-state index is 0.425. The van der Waals surface area contributed by atoms with Crippen molar-refractivity contribution >= 4 is 33.5 Å². The van der Waals surface area contributed by atoms with Crippen molar-refractivity contribution in [2.24, 2.45) is 0 Å². The predicted octanol–water partition coefficient (Wildman–Crippen LogP) is 1.70. The Morgan fingerprint density at radius 1 is 1.36 bits per heavy atom. The summed E-state index contributed by atoms with van der Waals surface area (Å²) in [4.78, 5) is 15.0. The number of anilines is 1. The molecule has 0 radical (unpaired) electrons. The molecule has 0 aliphatic carbocycles. The van der Waals surface area contributed by atoms with Crippen LogP contribution in [0.15, 0.2) is 33.4 Å². The number of aromatic amines is 1. The Morgan fingerprint density at radius 3 is 2.93 bits per heavy atom. The van der Waals surface area contributed by atoms with Gasteiger partial charge in [0.25, 0.3) is 0 Å². The molecule has 0 atom stereocenters. The summed E-state index contributed by atoms with van der Waals surface area (Å²) in [6, 6.07) is 0. The Labute approximate surface area is 92.7 Å². The molecular weight excluding hydrogens is 266 g/mol. The molecule has 2 rings (SSSR count). The third-order valence-electron chi connectivity index (χ3n) is 1.45. The van der Waals surface area contributed by atoms with Gasteiger partial charge in [0.1, 0.15) is 17.2 Å². The molecule has 7 heteroatoms. The van der Waals surface area contributed by atoms with E-state index in [-0.39, 0.29) is 0 Å². The lowest BCUT2D eigenvalue weighted by molar-refractivity contribution is 1.01. The monoisotopic (exact) mass is 271 g/mol. The van der Waals surface area contributed by atoms with Crippen LogP contribution >= 0.6 is 27.7 Å². The van der Waals surface area contributed by atoms with Gasteiger partial charge in [0.05, 0.1) is 4.47 Å². The molecule has 0 saturated heterocycles. The zero-order valence-corrected chi connectivity index (χ0v) is 9.34. The molecule has 0 unspecified atom stereocenters. The normalized spacial score (nSPS) is 10.4. The van der Waals surface area contributed by atoms with Crippen molar-refractivity contribution in [2.45, 2.75) is 10.2 Å². The van der Waals surface area contributed by atoms with Crippen LogP contribution in [-0.4, -0.2) is 19.9 Å². The van der Waals surface area contributed by atoms with E-state index in [0.29, 0.717) is 10.3 Å². The highest BCUT2D eigenvalue weighted by molar-refractivity contribution is 9.10. The number of imidazole rings is 1. The van der Waals surface area contributed by atoms with E-state index in [1.807, 2.05) is 0 Å². The van der Waals surface area contributed by atoms with Gasteiger partial charge >= 0.3 is 0 Å².